The molecule has 1 saturated heterocycles. The molecule has 2 aromatic heterocycles. The Morgan fingerprint density at radius 1 is 1.21 bits per heavy atom. The molecular weight excluding hydrogens is 487 g/mol. The zero-order chi connectivity index (χ0) is 24.0. The number of imide groups is 1. The van der Waals surface area contributed by atoms with E-state index in [1.807, 2.05) is 4.72 Å². The number of hydrogen-bond acceptors (Lipinski definition) is 8. The standard InChI is InChI=1S/C19H12F3N3O6S2/c1-23-33(28,29)15-3-2-9(5-13(15)31-19(20,21)22)12-8-24-7-10-4-11(30-16(10)12)6-14-17(26)25-18(27)32-14/h2-8,23H,1H3,(H,25,26,27)/b14-6+. The zero-order valence-electron chi connectivity index (χ0n) is 16.4. The van der Waals surface area contributed by atoms with Crippen LogP contribution in [0.15, 0.2) is 50.9 Å². The van der Waals surface area contributed by atoms with E-state index in [0.717, 1.165) is 19.2 Å². The lowest BCUT2D eigenvalue weighted by Gasteiger charge is -2.14. The van der Waals surface area contributed by atoms with Crippen LogP contribution < -0.4 is 14.8 Å². The zero-order valence-corrected chi connectivity index (χ0v) is 18.0. The number of fused-ring (bicyclic) bond motifs is 1. The molecule has 0 unspecified atom stereocenters. The number of furan rings is 1. The molecule has 4 rings (SSSR count). The molecule has 2 N–H and O–H groups in total. The van der Waals surface area contributed by atoms with Gasteiger partial charge in [-0.2, -0.15) is 0 Å². The van der Waals surface area contributed by atoms with Crippen LogP contribution in [0.3, 0.4) is 0 Å². The van der Waals surface area contributed by atoms with Crippen molar-refractivity contribution >= 4 is 50.0 Å². The summed E-state index contributed by atoms with van der Waals surface area (Å²) in [6.45, 7) is 0. The van der Waals surface area contributed by atoms with Crippen LogP contribution in [-0.2, 0) is 14.8 Å². The van der Waals surface area contributed by atoms with Crippen molar-refractivity contribution in [1.29, 1.82) is 0 Å². The average molecular weight is 499 g/mol. The number of rotatable bonds is 5. The Morgan fingerprint density at radius 2 is 1.97 bits per heavy atom. The van der Waals surface area contributed by atoms with Crippen LogP contribution in [0.5, 0.6) is 5.75 Å². The van der Waals surface area contributed by atoms with Crippen LogP contribution in [-0.4, -0.2) is 38.0 Å². The van der Waals surface area contributed by atoms with Gasteiger partial charge in [0.05, 0.1) is 4.91 Å². The molecule has 9 nitrogen and oxygen atoms in total. The van der Waals surface area contributed by atoms with Crippen LogP contribution in [0.25, 0.3) is 28.2 Å². The quantitative estimate of drug-likeness (QED) is 0.510. The number of benzene rings is 1. The lowest BCUT2D eigenvalue weighted by Crippen LogP contribution is -2.23. The van der Waals surface area contributed by atoms with Crippen LogP contribution in [0.2, 0.25) is 0 Å². The normalized spacial score (nSPS) is 15.9. The summed E-state index contributed by atoms with van der Waals surface area (Å²) in [6.07, 6.45) is -1.04. The van der Waals surface area contributed by atoms with E-state index < -0.39 is 38.2 Å². The van der Waals surface area contributed by atoms with E-state index >= 15 is 0 Å². The topological polar surface area (TPSA) is 128 Å². The van der Waals surface area contributed by atoms with Gasteiger partial charge >= 0.3 is 6.36 Å². The van der Waals surface area contributed by atoms with Crippen molar-refractivity contribution in [2.45, 2.75) is 11.3 Å². The number of alkyl halides is 3. The molecule has 0 aliphatic carbocycles. The number of carbonyl (C=O) groups excluding carboxylic acids is 2. The molecule has 0 bridgehead atoms. The van der Waals surface area contributed by atoms with Crippen molar-refractivity contribution in [3.63, 3.8) is 0 Å². The second-order valence-corrected chi connectivity index (χ2v) is 9.39. The monoisotopic (exact) mass is 499 g/mol. The lowest BCUT2D eigenvalue weighted by molar-refractivity contribution is -0.275. The molecule has 2 amide bonds. The molecule has 3 heterocycles. The Kier molecular flexibility index (Phi) is 5.67. The minimum Gasteiger partial charge on any atom is -0.456 e. The molecule has 0 radical (unpaired) electrons. The molecular formula is C19H12F3N3O6S2. The molecule has 172 valence electrons. The van der Waals surface area contributed by atoms with E-state index in [0.29, 0.717) is 17.1 Å². The SMILES string of the molecule is CNS(=O)(=O)c1ccc(-c2cncc3cc(/C=C4/SC(=O)NC4=O)oc23)cc1OC(F)(F)F. The number of nitrogens with one attached hydrogen (secondary N) is 2. The number of thioether (sulfide) groups is 1. The fourth-order valence-electron chi connectivity index (χ4n) is 3.02. The number of carbonyl (C=O) groups is 2. The first kappa shape index (κ1) is 22.8. The van der Waals surface area contributed by atoms with Crippen LogP contribution >= 0.6 is 11.8 Å². The molecule has 3 aromatic rings. The molecule has 1 aromatic carbocycles. The van der Waals surface area contributed by atoms with Gasteiger partial charge in [-0.05, 0) is 42.6 Å². The lowest BCUT2D eigenvalue weighted by atomic mass is 10.1. The fourth-order valence-corrected chi connectivity index (χ4v) is 4.52. The van der Waals surface area contributed by atoms with Gasteiger partial charge in [0.15, 0.2) is 0 Å². The predicted molar refractivity (Wildman–Crippen MR) is 111 cm³/mol. The van der Waals surface area contributed by atoms with Gasteiger partial charge in [0.1, 0.15) is 22.0 Å². The molecule has 1 aliphatic rings. The summed E-state index contributed by atoms with van der Waals surface area (Å²) >= 11 is 0.692. The van der Waals surface area contributed by atoms with Gasteiger partial charge in [-0.1, -0.05) is 6.07 Å². The van der Waals surface area contributed by atoms with E-state index in [2.05, 4.69) is 15.0 Å². The fraction of sp³-hybridized carbons (Fsp3) is 0.105. The van der Waals surface area contributed by atoms with Gasteiger partial charge in [0, 0.05) is 29.4 Å². The summed E-state index contributed by atoms with van der Waals surface area (Å²) in [6, 6.07) is 4.69. The molecule has 1 fully saturated rings. The first-order valence-corrected chi connectivity index (χ1v) is 11.2. The summed E-state index contributed by atoms with van der Waals surface area (Å²) in [5.41, 5.74) is 0.602. The van der Waals surface area contributed by atoms with Gasteiger partial charge in [0.2, 0.25) is 10.0 Å². The van der Waals surface area contributed by atoms with E-state index in [-0.39, 0.29) is 27.4 Å². The molecule has 0 atom stereocenters. The molecule has 14 heteroatoms. The highest BCUT2D eigenvalue weighted by Gasteiger charge is 2.34. The number of pyridine rings is 1. The van der Waals surface area contributed by atoms with Crippen LogP contribution in [0.4, 0.5) is 18.0 Å². The number of amides is 2. The number of ether oxygens (including phenoxy) is 1. The Morgan fingerprint density at radius 3 is 2.61 bits per heavy atom. The maximum atomic E-state index is 12.9. The Balaban J connectivity index is 1.83. The summed E-state index contributed by atoms with van der Waals surface area (Å²) in [5, 5.41) is 2.04. The maximum absolute atomic E-state index is 12.9. The second-order valence-electron chi connectivity index (χ2n) is 6.52. The highest BCUT2D eigenvalue weighted by molar-refractivity contribution is 8.18. The number of hydrogen-bond donors (Lipinski definition) is 2. The van der Waals surface area contributed by atoms with Gasteiger partial charge in [-0.3, -0.25) is 19.9 Å². The molecule has 1 aliphatic heterocycles. The smallest absolute Gasteiger partial charge is 0.456 e. The van der Waals surface area contributed by atoms with E-state index in [9.17, 15) is 31.2 Å². The average Bonchev–Trinajstić information content (AvgIpc) is 3.28. The number of sulfonamides is 1. The first-order valence-electron chi connectivity index (χ1n) is 8.93. The highest BCUT2D eigenvalue weighted by Crippen LogP contribution is 2.37. The molecule has 33 heavy (non-hydrogen) atoms. The van der Waals surface area contributed by atoms with Gasteiger partial charge < -0.3 is 9.15 Å². The summed E-state index contributed by atoms with van der Waals surface area (Å²) in [7, 11) is -3.20. The second kappa shape index (κ2) is 8.20. The third kappa shape index (κ3) is 4.72. The Labute approximate surface area is 188 Å². The summed E-state index contributed by atoms with van der Waals surface area (Å²) in [4.78, 5) is 26.5. The van der Waals surface area contributed by atoms with Crippen LogP contribution in [0.1, 0.15) is 5.76 Å². The third-order valence-corrected chi connectivity index (χ3v) is 6.66. The van der Waals surface area contributed by atoms with E-state index in [1.165, 1.54) is 30.6 Å². The maximum Gasteiger partial charge on any atom is 0.573 e. The summed E-state index contributed by atoms with van der Waals surface area (Å²) in [5.74, 6) is -1.32. The Bertz CT molecular complexity index is 1430. The molecule has 0 spiro atoms. The van der Waals surface area contributed by atoms with Crippen LogP contribution in [0, 0.1) is 0 Å². The van der Waals surface area contributed by atoms with Gasteiger partial charge in [-0.15, -0.1) is 13.2 Å². The Hall–Kier alpha value is -3.36. The van der Waals surface area contributed by atoms with Crippen molar-refractivity contribution in [1.82, 2.24) is 15.0 Å². The third-order valence-electron chi connectivity index (χ3n) is 4.40. The van der Waals surface area contributed by atoms with Crippen molar-refractivity contribution in [3.8, 4) is 16.9 Å². The van der Waals surface area contributed by atoms with Crippen molar-refractivity contribution < 1.29 is 40.3 Å². The van der Waals surface area contributed by atoms with Crippen molar-refractivity contribution in [2.24, 2.45) is 0 Å². The predicted octanol–water partition coefficient (Wildman–Crippen LogP) is 3.63. The minimum atomic E-state index is -5.14. The molecule has 0 saturated carbocycles. The van der Waals surface area contributed by atoms with Gasteiger partial charge in [-0.25, -0.2) is 13.1 Å². The van der Waals surface area contributed by atoms with Gasteiger partial charge in [0.25, 0.3) is 11.1 Å². The minimum absolute atomic E-state index is 0.107. The van der Waals surface area contributed by atoms with Crippen molar-refractivity contribution in [3.05, 3.63) is 47.3 Å². The highest BCUT2D eigenvalue weighted by atomic mass is 32.2. The largest absolute Gasteiger partial charge is 0.573 e. The number of aromatic nitrogens is 1. The number of halogens is 3. The van der Waals surface area contributed by atoms with Crippen molar-refractivity contribution in [2.75, 3.05) is 7.05 Å². The van der Waals surface area contributed by atoms with E-state index in [1.54, 1.807) is 0 Å². The summed E-state index contributed by atoms with van der Waals surface area (Å²) < 4.78 is 74.7. The first-order chi connectivity index (χ1) is 15.5. The number of nitrogens with zero attached hydrogens (tertiary/aromatic N) is 1. The van der Waals surface area contributed by atoms with E-state index in [4.69, 9.17) is 4.42 Å².